The summed E-state index contributed by atoms with van der Waals surface area (Å²) in [6.07, 6.45) is 8.76. The Balaban J connectivity index is 1.37. The van der Waals surface area contributed by atoms with Crippen LogP contribution in [0.3, 0.4) is 0 Å². The number of nitrogens with one attached hydrogen (secondary N) is 1. The third kappa shape index (κ3) is 2.43. The zero-order valence-electron chi connectivity index (χ0n) is 14.4. The van der Waals surface area contributed by atoms with Gasteiger partial charge in [-0.3, -0.25) is 4.98 Å². The fourth-order valence-corrected chi connectivity index (χ4v) is 4.06. The van der Waals surface area contributed by atoms with E-state index in [2.05, 4.69) is 32.2 Å². The largest absolute Gasteiger partial charge is 0.507 e. The molecule has 0 amide bonds. The van der Waals surface area contributed by atoms with Gasteiger partial charge in [0.1, 0.15) is 11.6 Å². The lowest BCUT2D eigenvalue weighted by atomic mass is 10.1. The molecular formula is C19H20N6O. The summed E-state index contributed by atoms with van der Waals surface area (Å²) in [5.41, 5.74) is 2.18. The number of aromatic hydroxyl groups is 1. The van der Waals surface area contributed by atoms with Gasteiger partial charge in [-0.05, 0) is 24.0 Å². The molecule has 26 heavy (non-hydrogen) atoms. The highest BCUT2D eigenvalue weighted by Gasteiger charge is 2.55. The highest BCUT2D eigenvalue weighted by Crippen LogP contribution is 2.46. The second-order valence-corrected chi connectivity index (χ2v) is 7.02. The van der Waals surface area contributed by atoms with Crippen LogP contribution in [-0.2, 0) is 0 Å². The minimum Gasteiger partial charge on any atom is -0.507 e. The first-order chi connectivity index (χ1) is 12.7. The Kier molecular flexibility index (Phi) is 3.43. The fraction of sp³-hybridized carbons (Fsp3) is 0.316. The number of benzene rings is 1. The molecule has 7 nitrogen and oxygen atoms in total. The van der Waals surface area contributed by atoms with E-state index in [9.17, 15) is 5.11 Å². The number of rotatable bonds is 4. The number of imidazole rings is 1. The zero-order valence-corrected chi connectivity index (χ0v) is 14.4. The Bertz CT molecular complexity index is 914. The molecule has 0 bridgehead atoms. The summed E-state index contributed by atoms with van der Waals surface area (Å²) in [6.45, 7) is 2.20. The molecule has 2 aliphatic rings. The predicted molar refractivity (Wildman–Crippen MR) is 98.3 cm³/mol. The van der Waals surface area contributed by atoms with E-state index >= 15 is 0 Å². The van der Waals surface area contributed by atoms with E-state index in [-0.39, 0.29) is 5.75 Å². The molecule has 0 spiro atoms. The maximum atomic E-state index is 10.4. The molecule has 132 valence electrons. The van der Waals surface area contributed by atoms with Gasteiger partial charge in [0.2, 0.25) is 0 Å². The first-order valence-electron chi connectivity index (χ1n) is 8.79. The average Bonchev–Trinajstić information content (AvgIpc) is 3.07. The van der Waals surface area contributed by atoms with Crippen molar-refractivity contribution in [3.8, 4) is 22.7 Å². The molecular weight excluding hydrogens is 328 g/mol. The van der Waals surface area contributed by atoms with E-state index in [0.717, 1.165) is 36.4 Å². The molecule has 1 unspecified atom stereocenters. The Morgan fingerprint density at radius 2 is 2.04 bits per heavy atom. The third-order valence-corrected chi connectivity index (χ3v) is 5.55. The SMILES string of the molecule is CN(c1cnc(-c2ccc(-n3ccnc3)cc2O)cn1)C1[C@H]2CNC[C@@H]12. The van der Waals surface area contributed by atoms with Crippen molar-refractivity contribution in [2.45, 2.75) is 6.04 Å². The van der Waals surface area contributed by atoms with Crippen LogP contribution in [-0.4, -0.2) is 50.8 Å². The van der Waals surface area contributed by atoms with Crippen LogP contribution < -0.4 is 10.2 Å². The van der Waals surface area contributed by atoms with Gasteiger partial charge < -0.3 is 19.9 Å². The minimum atomic E-state index is 0.175. The van der Waals surface area contributed by atoms with Crippen LogP contribution in [0.5, 0.6) is 5.75 Å². The molecule has 7 heteroatoms. The lowest BCUT2D eigenvalue weighted by molar-refractivity contribution is 0.477. The van der Waals surface area contributed by atoms with Crippen LogP contribution in [0.25, 0.3) is 16.9 Å². The minimum absolute atomic E-state index is 0.175. The first-order valence-corrected chi connectivity index (χ1v) is 8.79. The molecule has 1 aliphatic heterocycles. The molecule has 3 aromatic rings. The number of hydrogen-bond donors (Lipinski definition) is 2. The number of fused-ring (bicyclic) bond motifs is 1. The van der Waals surface area contributed by atoms with Gasteiger partial charge in [0.05, 0.1) is 30.1 Å². The first kappa shape index (κ1) is 15.3. The van der Waals surface area contributed by atoms with Gasteiger partial charge >= 0.3 is 0 Å². The highest BCUT2D eigenvalue weighted by molar-refractivity contribution is 5.68. The molecule has 2 N–H and O–H groups in total. The third-order valence-electron chi connectivity index (χ3n) is 5.55. The summed E-state index contributed by atoms with van der Waals surface area (Å²) < 4.78 is 1.84. The zero-order chi connectivity index (χ0) is 17.7. The van der Waals surface area contributed by atoms with Crippen molar-refractivity contribution in [2.75, 3.05) is 25.0 Å². The van der Waals surface area contributed by atoms with E-state index in [1.165, 1.54) is 0 Å². The Morgan fingerprint density at radius 3 is 2.69 bits per heavy atom. The second kappa shape index (κ2) is 5.81. The number of hydrogen-bond acceptors (Lipinski definition) is 6. The molecule has 2 fully saturated rings. The van der Waals surface area contributed by atoms with Crippen molar-refractivity contribution in [1.82, 2.24) is 24.8 Å². The van der Waals surface area contributed by atoms with Crippen LogP contribution >= 0.6 is 0 Å². The summed E-state index contributed by atoms with van der Waals surface area (Å²) in [5.74, 6) is 2.53. The monoisotopic (exact) mass is 348 g/mol. The van der Waals surface area contributed by atoms with Crippen molar-refractivity contribution in [2.24, 2.45) is 11.8 Å². The Labute approximate surface area is 151 Å². The number of phenols is 1. The summed E-state index contributed by atoms with van der Waals surface area (Å²) in [6, 6.07) is 6.06. The highest BCUT2D eigenvalue weighted by atomic mass is 16.3. The molecule has 1 aromatic carbocycles. The quantitative estimate of drug-likeness (QED) is 0.747. The van der Waals surface area contributed by atoms with Crippen molar-refractivity contribution in [1.29, 1.82) is 0 Å². The second-order valence-electron chi connectivity index (χ2n) is 7.02. The van der Waals surface area contributed by atoms with Crippen LogP contribution in [0.2, 0.25) is 0 Å². The maximum Gasteiger partial charge on any atom is 0.147 e. The van der Waals surface area contributed by atoms with E-state index in [1.54, 1.807) is 31.0 Å². The summed E-state index contributed by atoms with van der Waals surface area (Å²) >= 11 is 0. The Morgan fingerprint density at radius 1 is 1.19 bits per heavy atom. The smallest absolute Gasteiger partial charge is 0.147 e. The number of aromatic nitrogens is 4. The number of phenolic OH excluding ortho intramolecular Hbond substituents is 1. The average molecular weight is 348 g/mol. The lowest BCUT2D eigenvalue weighted by Crippen LogP contribution is -2.30. The van der Waals surface area contributed by atoms with Gasteiger partial charge in [-0.25, -0.2) is 9.97 Å². The van der Waals surface area contributed by atoms with Gasteiger partial charge in [-0.15, -0.1) is 0 Å². The van der Waals surface area contributed by atoms with E-state index in [4.69, 9.17) is 0 Å². The standard InChI is InChI=1S/C19H20N6O/c1-24(19-14-7-21-8-15(14)19)18-10-22-16(9-23-18)13-3-2-12(6-17(13)26)25-5-4-20-11-25/h2-6,9-11,14-15,19,21,26H,7-8H2,1H3/t14-,15+,19?. The summed E-state index contributed by atoms with van der Waals surface area (Å²) in [5, 5.41) is 13.8. The van der Waals surface area contributed by atoms with Crippen LogP contribution in [0, 0.1) is 11.8 Å². The van der Waals surface area contributed by atoms with Crippen LogP contribution in [0.15, 0.2) is 49.3 Å². The normalized spacial score (nSPS) is 23.7. The molecule has 3 heterocycles. The molecule has 2 aromatic heterocycles. The molecule has 5 rings (SSSR count). The Hall–Kier alpha value is -2.93. The maximum absolute atomic E-state index is 10.4. The van der Waals surface area contributed by atoms with E-state index in [0.29, 0.717) is 17.3 Å². The van der Waals surface area contributed by atoms with Crippen molar-refractivity contribution in [3.63, 3.8) is 0 Å². The predicted octanol–water partition coefficient (Wildman–Crippen LogP) is 1.69. The lowest BCUT2D eigenvalue weighted by Gasteiger charge is -2.20. The van der Waals surface area contributed by atoms with Crippen molar-refractivity contribution >= 4 is 5.82 Å². The van der Waals surface area contributed by atoms with Gasteiger partial charge in [0.25, 0.3) is 0 Å². The van der Waals surface area contributed by atoms with Crippen molar-refractivity contribution in [3.05, 3.63) is 49.3 Å². The van der Waals surface area contributed by atoms with Crippen molar-refractivity contribution < 1.29 is 5.11 Å². The molecule has 1 aliphatic carbocycles. The topological polar surface area (TPSA) is 79.1 Å². The molecule has 1 saturated carbocycles. The molecule has 1 saturated heterocycles. The van der Waals surface area contributed by atoms with Gasteiger partial charge in [0, 0.05) is 50.2 Å². The van der Waals surface area contributed by atoms with E-state index in [1.807, 2.05) is 22.9 Å². The van der Waals surface area contributed by atoms with Crippen LogP contribution in [0.4, 0.5) is 5.82 Å². The van der Waals surface area contributed by atoms with Crippen LogP contribution in [0.1, 0.15) is 0 Å². The number of nitrogens with zero attached hydrogens (tertiary/aromatic N) is 5. The van der Waals surface area contributed by atoms with Gasteiger partial charge in [-0.1, -0.05) is 0 Å². The van der Waals surface area contributed by atoms with Gasteiger partial charge in [0.15, 0.2) is 0 Å². The molecule has 3 atom stereocenters. The molecule has 0 radical (unpaired) electrons. The summed E-state index contributed by atoms with van der Waals surface area (Å²) in [7, 11) is 2.09. The summed E-state index contributed by atoms with van der Waals surface area (Å²) in [4.78, 5) is 15.4. The van der Waals surface area contributed by atoms with Gasteiger partial charge in [-0.2, -0.15) is 0 Å². The number of anilines is 1. The van der Waals surface area contributed by atoms with E-state index < -0.39 is 0 Å². The number of piperidine rings is 1. The fourth-order valence-electron chi connectivity index (χ4n) is 4.06.